The predicted molar refractivity (Wildman–Crippen MR) is 207 cm³/mol. The number of carbonyl (C=O) groups excluding carboxylic acids is 5. The van der Waals surface area contributed by atoms with Crippen molar-refractivity contribution in [2.45, 2.75) is 44.7 Å². The fraction of sp³-hybridized carbons (Fsp3) is 0.375. The Morgan fingerprint density at radius 3 is 2.39 bits per heavy atom. The van der Waals surface area contributed by atoms with Gasteiger partial charge in [-0.2, -0.15) is 0 Å². The van der Waals surface area contributed by atoms with E-state index in [1.54, 1.807) is 51.9 Å². The molecule has 2 aliphatic rings. The highest BCUT2D eigenvalue weighted by Crippen LogP contribution is 2.38. The third-order valence-corrected chi connectivity index (χ3v) is 9.72. The van der Waals surface area contributed by atoms with Gasteiger partial charge >= 0.3 is 0 Å². The van der Waals surface area contributed by atoms with Crippen molar-refractivity contribution in [3.05, 3.63) is 75.8 Å². The Bertz CT molecular complexity index is 2240. The number of unbranched alkanes of at least 4 members (excludes halogenated alkanes) is 2. The summed E-state index contributed by atoms with van der Waals surface area (Å²) in [5.74, 6) is -0.620. The molecular formula is C40H45N7O9. The maximum Gasteiger partial charge on any atom is 0.266 e. The number of aromatic nitrogens is 2. The van der Waals surface area contributed by atoms with Crippen LogP contribution in [-0.2, 0) is 28.0 Å². The molecule has 0 spiro atoms. The van der Waals surface area contributed by atoms with Crippen LogP contribution in [0.25, 0.3) is 21.9 Å². The van der Waals surface area contributed by atoms with Gasteiger partial charge in [0.2, 0.25) is 17.7 Å². The molecule has 1 saturated heterocycles. The van der Waals surface area contributed by atoms with Crippen LogP contribution < -0.4 is 35.7 Å². The van der Waals surface area contributed by atoms with Crippen molar-refractivity contribution >= 4 is 46.1 Å². The molecule has 4 aromatic rings. The summed E-state index contributed by atoms with van der Waals surface area (Å²) < 4.78 is 18.8. The molecule has 16 nitrogen and oxygen atoms in total. The monoisotopic (exact) mass is 767 g/mol. The van der Waals surface area contributed by atoms with Crippen LogP contribution in [0.1, 0.15) is 58.4 Å². The van der Waals surface area contributed by atoms with Crippen LogP contribution in [0.5, 0.6) is 17.2 Å². The molecule has 0 aliphatic carbocycles. The zero-order chi connectivity index (χ0) is 40.1. The molecule has 1 fully saturated rings. The second kappa shape index (κ2) is 17.0. The average molecular weight is 768 g/mol. The van der Waals surface area contributed by atoms with E-state index in [-0.39, 0.29) is 54.3 Å². The molecule has 3 N–H and O–H groups in total. The number of nitrogens with zero attached hydrogens (tertiary/aromatic N) is 4. The first-order valence-corrected chi connectivity index (χ1v) is 18.3. The van der Waals surface area contributed by atoms with Crippen LogP contribution in [-0.4, -0.2) is 103 Å². The molecule has 4 heterocycles. The highest BCUT2D eigenvalue weighted by molar-refractivity contribution is 6.24. The van der Waals surface area contributed by atoms with Crippen molar-refractivity contribution in [3.8, 4) is 28.4 Å². The Morgan fingerprint density at radius 1 is 0.946 bits per heavy atom. The Labute approximate surface area is 323 Å². The molecule has 1 unspecified atom stereocenters. The Kier molecular flexibility index (Phi) is 12.0. The number of carbonyl (C=O) groups is 5. The summed E-state index contributed by atoms with van der Waals surface area (Å²) in [5.41, 5.74) is 2.52. The molecule has 0 saturated carbocycles. The molecule has 2 aromatic heterocycles. The minimum absolute atomic E-state index is 0.0385. The molecule has 294 valence electrons. The van der Waals surface area contributed by atoms with Gasteiger partial charge in [0.05, 0.1) is 49.4 Å². The minimum Gasteiger partial charge on any atom is -0.496 e. The number of imide groups is 2. The lowest BCUT2D eigenvalue weighted by Gasteiger charge is -2.27. The topological polar surface area (TPSA) is 190 Å². The summed E-state index contributed by atoms with van der Waals surface area (Å²) in [7, 11) is 8.83. The quantitative estimate of drug-likeness (QED) is 0.112. The van der Waals surface area contributed by atoms with E-state index < -0.39 is 29.7 Å². The normalized spacial score (nSPS) is 15.2. The van der Waals surface area contributed by atoms with Gasteiger partial charge < -0.3 is 34.3 Å². The smallest absolute Gasteiger partial charge is 0.266 e. The molecule has 5 amide bonds. The van der Waals surface area contributed by atoms with E-state index in [2.05, 4.69) is 20.9 Å². The molecular weight excluding hydrogens is 722 g/mol. The lowest BCUT2D eigenvalue weighted by Crippen LogP contribution is -2.54. The fourth-order valence-electron chi connectivity index (χ4n) is 6.95. The number of pyridine rings is 2. The first kappa shape index (κ1) is 39.4. The van der Waals surface area contributed by atoms with Gasteiger partial charge in [0.1, 0.15) is 29.1 Å². The van der Waals surface area contributed by atoms with Gasteiger partial charge in [0.15, 0.2) is 0 Å². The van der Waals surface area contributed by atoms with Crippen molar-refractivity contribution in [1.82, 2.24) is 30.0 Å². The minimum atomic E-state index is -1.05. The molecule has 16 heteroatoms. The number of piperidine rings is 1. The number of ether oxygens (including phenoxy) is 3. The van der Waals surface area contributed by atoms with Gasteiger partial charge in [-0.15, -0.1) is 0 Å². The number of hydrogen-bond acceptors (Lipinski definition) is 12. The number of hydrogen-bond donors (Lipinski definition) is 3. The predicted octanol–water partition coefficient (Wildman–Crippen LogP) is 2.86. The number of nitrogens with one attached hydrogen (secondary N) is 3. The maximum absolute atomic E-state index is 13.3. The first-order valence-electron chi connectivity index (χ1n) is 18.3. The van der Waals surface area contributed by atoms with Crippen LogP contribution in [0.3, 0.4) is 0 Å². The first-order chi connectivity index (χ1) is 26.9. The van der Waals surface area contributed by atoms with E-state index in [1.807, 2.05) is 31.1 Å². The second-order valence-electron chi connectivity index (χ2n) is 13.9. The standard InChI is InChI=1S/C40H45N7O9/c1-45(2)21-28-31(54-4)16-23(17-32(28)55-5)27-22-46(3)38(51)25-18-33(42-19-26(25)27)43-20-35(49)41-14-7-6-8-15-56-30-11-9-10-24-36(30)40(53)47(39(24)52)29-12-13-34(48)44-37(29)50/h9-11,16-19,22,29H,6-8,12-15,20-21H2,1-5H3,(H,41,49)(H,42,43)(H,44,48,50). The lowest BCUT2D eigenvalue weighted by molar-refractivity contribution is -0.136. The number of anilines is 1. The van der Waals surface area contributed by atoms with Gasteiger partial charge in [-0.05, 0) is 75.7 Å². The van der Waals surface area contributed by atoms with Crippen molar-refractivity contribution < 1.29 is 38.2 Å². The van der Waals surface area contributed by atoms with Crippen molar-refractivity contribution in [2.24, 2.45) is 7.05 Å². The van der Waals surface area contributed by atoms with E-state index >= 15 is 0 Å². The molecule has 1 atom stereocenters. The van der Waals surface area contributed by atoms with Crippen LogP contribution in [0.15, 0.2) is 53.6 Å². The average Bonchev–Trinajstić information content (AvgIpc) is 3.43. The van der Waals surface area contributed by atoms with Crippen LogP contribution in [0, 0.1) is 0 Å². The van der Waals surface area contributed by atoms with E-state index in [4.69, 9.17) is 14.2 Å². The highest BCUT2D eigenvalue weighted by atomic mass is 16.5. The van der Waals surface area contributed by atoms with Crippen molar-refractivity contribution in [3.63, 3.8) is 0 Å². The number of methoxy groups -OCH3 is 2. The second-order valence-corrected chi connectivity index (χ2v) is 13.9. The molecule has 0 bridgehead atoms. The highest BCUT2D eigenvalue weighted by Gasteiger charge is 2.46. The summed E-state index contributed by atoms with van der Waals surface area (Å²) >= 11 is 0. The lowest BCUT2D eigenvalue weighted by atomic mass is 9.99. The Hall–Kier alpha value is -6.29. The van der Waals surface area contributed by atoms with Crippen LogP contribution in [0.4, 0.5) is 5.82 Å². The van der Waals surface area contributed by atoms with E-state index in [0.717, 1.165) is 21.6 Å². The van der Waals surface area contributed by atoms with Gasteiger partial charge in [-0.25, -0.2) is 4.98 Å². The number of benzene rings is 2. The SMILES string of the molecule is COc1cc(-c2cn(C)c(=O)c3cc(NCC(=O)NCCCCCOc4cccc5c4C(=O)N(C4CCC(=O)NC4=O)C5=O)ncc23)cc(OC)c1CN(C)C. The third-order valence-electron chi connectivity index (χ3n) is 9.72. The third kappa shape index (κ3) is 8.19. The summed E-state index contributed by atoms with van der Waals surface area (Å²) in [6.07, 6.45) is 5.49. The van der Waals surface area contributed by atoms with E-state index in [9.17, 15) is 28.8 Å². The van der Waals surface area contributed by atoms with E-state index in [0.29, 0.717) is 60.4 Å². The Balaban J connectivity index is 0.992. The van der Waals surface area contributed by atoms with Gasteiger partial charge in [0.25, 0.3) is 17.4 Å². The zero-order valence-corrected chi connectivity index (χ0v) is 32.0. The molecule has 2 aliphatic heterocycles. The van der Waals surface area contributed by atoms with Gasteiger partial charge in [0, 0.05) is 49.9 Å². The van der Waals surface area contributed by atoms with Gasteiger partial charge in [-0.3, -0.25) is 39.0 Å². The summed E-state index contributed by atoms with van der Waals surface area (Å²) in [6, 6.07) is 9.16. The number of rotatable bonds is 16. The molecule has 0 radical (unpaired) electrons. The van der Waals surface area contributed by atoms with Crippen LogP contribution in [0.2, 0.25) is 0 Å². The van der Waals surface area contributed by atoms with Crippen molar-refractivity contribution in [2.75, 3.05) is 53.3 Å². The van der Waals surface area contributed by atoms with Crippen molar-refractivity contribution in [1.29, 1.82) is 0 Å². The van der Waals surface area contributed by atoms with Crippen LogP contribution >= 0.6 is 0 Å². The summed E-state index contributed by atoms with van der Waals surface area (Å²) in [5, 5.41) is 9.15. The fourth-order valence-corrected chi connectivity index (χ4v) is 6.95. The molecule has 6 rings (SSSR count). The largest absolute Gasteiger partial charge is 0.496 e. The summed E-state index contributed by atoms with van der Waals surface area (Å²) in [6.45, 7) is 1.25. The zero-order valence-electron chi connectivity index (χ0n) is 32.0. The van der Waals surface area contributed by atoms with E-state index in [1.165, 1.54) is 10.6 Å². The number of amides is 5. The number of fused-ring (bicyclic) bond motifs is 2. The molecule has 2 aromatic carbocycles. The number of aryl methyl sites for hydroxylation is 1. The Morgan fingerprint density at radius 2 is 1.70 bits per heavy atom. The van der Waals surface area contributed by atoms with Gasteiger partial charge in [-0.1, -0.05) is 6.07 Å². The molecule has 56 heavy (non-hydrogen) atoms. The summed E-state index contributed by atoms with van der Waals surface area (Å²) in [4.78, 5) is 83.6. The maximum atomic E-state index is 13.3.